The van der Waals surface area contributed by atoms with Crippen LogP contribution in [0.4, 0.5) is 0 Å². The van der Waals surface area contributed by atoms with Gasteiger partial charge < -0.3 is 9.84 Å². The van der Waals surface area contributed by atoms with Crippen LogP contribution in [0.1, 0.15) is 72.1 Å². The highest BCUT2D eigenvalue weighted by atomic mass is 16.5. The van der Waals surface area contributed by atoms with Crippen molar-refractivity contribution in [3.63, 3.8) is 0 Å². The van der Waals surface area contributed by atoms with E-state index < -0.39 is 11.3 Å². The van der Waals surface area contributed by atoms with Crippen molar-refractivity contribution in [3.05, 3.63) is 56.9 Å². The Labute approximate surface area is 164 Å². The highest BCUT2D eigenvalue weighted by Gasteiger charge is 2.28. The Morgan fingerprint density at radius 3 is 2.46 bits per heavy atom. The minimum atomic E-state index is -0.521. The molecule has 146 valence electrons. The lowest BCUT2D eigenvalue weighted by atomic mass is 9.93. The van der Waals surface area contributed by atoms with E-state index in [-0.39, 0.29) is 28.6 Å². The fourth-order valence-corrected chi connectivity index (χ4v) is 3.89. The van der Waals surface area contributed by atoms with Gasteiger partial charge in [0.15, 0.2) is 5.78 Å². The zero-order valence-electron chi connectivity index (χ0n) is 16.2. The summed E-state index contributed by atoms with van der Waals surface area (Å²) in [5.74, 6) is -0.115. The molecule has 1 aromatic carbocycles. The first kappa shape index (κ1) is 19.7. The summed E-state index contributed by atoms with van der Waals surface area (Å²) >= 11 is 0. The van der Waals surface area contributed by atoms with Crippen molar-refractivity contribution in [1.29, 1.82) is 5.26 Å². The third-order valence-corrected chi connectivity index (χ3v) is 5.34. The third kappa shape index (κ3) is 3.53. The molecule has 1 N–H and O–H groups in total. The molecule has 28 heavy (non-hydrogen) atoms. The maximum atomic E-state index is 13.1. The van der Waals surface area contributed by atoms with Crippen molar-refractivity contribution in [2.24, 2.45) is 0 Å². The molecule has 3 rings (SSSR count). The number of hydrogen-bond acceptors (Lipinski definition) is 5. The second-order valence-corrected chi connectivity index (χ2v) is 7.06. The maximum absolute atomic E-state index is 13.1. The van der Waals surface area contributed by atoms with E-state index in [0.29, 0.717) is 17.9 Å². The Kier molecular flexibility index (Phi) is 5.84. The fraction of sp³-hybridized carbons (Fsp3) is 0.409. The van der Waals surface area contributed by atoms with E-state index in [9.17, 15) is 20.0 Å². The summed E-state index contributed by atoms with van der Waals surface area (Å²) in [6.45, 7) is 3.93. The lowest BCUT2D eigenvalue weighted by Gasteiger charge is -2.26. The number of nitrogens with zero attached hydrogens (tertiary/aromatic N) is 2. The van der Waals surface area contributed by atoms with Gasteiger partial charge in [-0.1, -0.05) is 19.3 Å². The van der Waals surface area contributed by atoms with E-state index in [1.54, 1.807) is 24.3 Å². The summed E-state index contributed by atoms with van der Waals surface area (Å²) in [5, 5.41) is 20.4. The fourth-order valence-electron chi connectivity index (χ4n) is 3.89. The molecule has 6 nitrogen and oxygen atoms in total. The molecule has 6 heteroatoms. The van der Waals surface area contributed by atoms with Crippen molar-refractivity contribution in [1.82, 2.24) is 4.57 Å². The Bertz CT molecular complexity index is 978. The Balaban J connectivity index is 2.13. The number of aromatic nitrogens is 1. The molecule has 1 saturated carbocycles. The summed E-state index contributed by atoms with van der Waals surface area (Å²) in [5.41, 5.74) is -0.00767. The Hall–Kier alpha value is -3.07. The topological polar surface area (TPSA) is 92.3 Å². The average Bonchev–Trinajstić information content (AvgIpc) is 2.70. The van der Waals surface area contributed by atoms with Gasteiger partial charge in [0, 0.05) is 11.6 Å². The second kappa shape index (κ2) is 8.30. The van der Waals surface area contributed by atoms with Crippen molar-refractivity contribution in [2.75, 3.05) is 6.61 Å². The van der Waals surface area contributed by atoms with Gasteiger partial charge in [-0.2, -0.15) is 5.26 Å². The maximum Gasteiger partial charge on any atom is 0.271 e. The van der Waals surface area contributed by atoms with Crippen LogP contribution in [0.25, 0.3) is 0 Å². The molecule has 1 fully saturated rings. The largest absolute Gasteiger partial charge is 0.494 e. The van der Waals surface area contributed by atoms with Gasteiger partial charge in [0.1, 0.15) is 17.4 Å². The van der Waals surface area contributed by atoms with Gasteiger partial charge in [-0.05, 0) is 56.5 Å². The summed E-state index contributed by atoms with van der Waals surface area (Å²) < 4.78 is 6.65. The summed E-state index contributed by atoms with van der Waals surface area (Å²) in [7, 11) is 0. The number of carbonyl (C=O) groups excluding carboxylic acids is 1. The number of aromatic hydroxyl groups is 1. The van der Waals surface area contributed by atoms with Crippen LogP contribution < -0.4 is 10.3 Å². The van der Waals surface area contributed by atoms with E-state index in [1.165, 1.54) is 11.5 Å². The smallest absolute Gasteiger partial charge is 0.271 e. The number of carbonyl (C=O) groups is 1. The van der Waals surface area contributed by atoms with Gasteiger partial charge in [-0.25, -0.2) is 0 Å². The predicted molar refractivity (Wildman–Crippen MR) is 105 cm³/mol. The van der Waals surface area contributed by atoms with E-state index in [0.717, 1.165) is 32.1 Å². The number of hydrogen-bond donors (Lipinski definition) is 1. The normalized spacial score (nSPS) is 14.5. The standard InChI is InChI=1S/C22H24N2O4/c1-3-28-17-11-9-15(10-12-17)20(25)19-14(2)18(13-23)21(26)24(22(19)27)16-7-5-4-6-8-16/h9-12,16,27H,3-8H2,1-2H3. The molecule has 1 heterocycles. The van der Waals surface area contributed by atoms with Crippen LogP contribution in [0.2, 0.25) is 0 Å². The molecule has 1 aliphatic rings. The lowest BCUT2D eigenvalue weighted by molar-refractivity contribution is 0.103. The first-order valence-electron chi connectivity index (χ1n) is 9.65. The molecule has 0 atom stereocenters. The quantitative estimate of drug-likeness (QED) is 0.795. The molecule has 1 aliphatic carbocycles. The molecule has 0 amide bonds. The third-order valence-electron chi connectivity index (χ3n) is 5.34. The van der Waals surface area contributed by atoms with Crippen LogP contribution in [0, 0.1) is 18.3 Å². The lowest BCUT2D eigenvalue weighted by Crippen LogP contribution is -2.31. The highest BCUT2D eigenvalue weighted by molar-refractivity contribution is 6.11. The number of ketones is 1. The number of pyridine rings is 1. The molecular weight excluding hydrogens is 356 g/mol. The van der Waals surface area contributed by atoms with Crippen LogP contribution in [-0.4, -0.2) is 22.1 Å². The first-order valence-corrected chi connectivity index (χ1v) is 9.65. The number of nitriles is 1. The summed E-state index contributed by atoms with van der Waals surface area (Å²) in [4.78, 5) is 26.0. The Morgan fingerprint density at radius 1 is 1.25 bits per heavy atom. The van der Waals surface area contributed by atoms with E-state index >= 15 is 0 Å². The summed E-state index contributed by atoms with van der Waals surface area (Å²) in [6, 6.07) is 8.34. The zero-order chi connectivity index (χ0) is 20.3. The average molecular weight is 380 g/mol. The number of ether oxygens (including phenoxy) is 1. The van der Waals surface area contributed by atoms with Crippen molar-refractivity contribution < 1.29 is 14.6 Å². The minimum Gasteiger partial charge on any atom is -0.494 e. The van der Waals surface area contributed by atoms with Gasteiger partial charge in [0.25, 0.3) is 5.56 Å². The SMILES string of the molecule is CCOc1ccc(C(=O)c2c(C)c(C#N)c(=O)n(C3CCCCC3)c2O)cc1. The van der Waals surface area contributed by atoms with Gasteiger partial charge in [0.05, 0.1) is 12.2 Å². The van der Waals surface area contributed by atoms with Crippen LogP contribution in [0.3, 0.4) is 0 Å². The van der Waals surface area contributed by atoms with Crippen molar-refractivity contribution in [2.45, 2.75) is 52.0 Å². The second-order valence-electron chi connectivity index (χ2n) is 7.06. The van der Waals surface area contributed by atoms with Crippen LogP contribution in [0.15, 0.2) is 29.1 Å². The molecular formula is C22H24N2O4. The van der Waals surface area contributed by atoms with E-state index in [2.05, 4.69) is 0 Å². The van der Waals surface area contributed by atoms with Gasteiger partial charge in [-0.15, -0.1) is 0 Å². The molecule has 1 aromatic heterocycles. The van der Waals surface area contributed by atoms with Crippen LogP contribution in [-0.2, 0) is 0 Å². The van der Waals surface area contributed by atoms with Crippen molar-refractivity contribution >= 4 is 5.78 Å². The molecule has 0 radical (unpaired) electrons. The number of rotatable bonds is 5. The molecule has 0 aliphatic heterocycles. The molecule has 0 bridgehead atoms. The van der Waals surface area contributed by atoms with E-state index in [1.807, 2.05) is 13.0 Å². The first-order chi connectivity index (χ1) is 13.5. The van der Waals surface area contributed by atoms with Crippen molar-refractivity contribution in [3.8, 4) is 17.7 Å². The van der Waals surface area contributed by atoms with Crippen LogP contribution in [0.5, 0.6) is 11.6 Å². The molecule has 2 aromatic rings. The van der Waals surface area contributed by atoms with Gasteiger partial charge in [0.2, 0.25) is 5.88 Å². The number of benzene rings is 1. The summed E-state index contributed by atoms with van der Waals surface area (Å²) in [6.07, 6.45) is 4.49. The minimum absolute atomic E-state index is 0.0193. The molecule has 0 spiro atoms. The molecule has 0 unspecified atom stereocenters. The molecule has 0 saturated heterocycles. The predicted octanol–water partition coefficient (Wildman–Crippen LogP) is 3.87. The van der Waals surface area contributed by atoms with Crippen LogP contribution >= 0.6 is 0 Å². The highest BCUT2D eigenvalue weighted by Crippen LogP contribution is 2.33. The Morgan fingerprint density at radius 2 is 1.89 bits per heavy atom. The van der Waals surface area contributed by atoms with Gasteiger partial charge >= 0.3 is 0 Å². The van der Waals surface area contributed by atoms with Gasteiger partial charge in [-0.3, -0.25) is 14.2 Å². The monoisotopic (exact) mass is 380 g/mol. The van der Waals surface area contributed by atoms with E-state index in [4.69, 9.17) is 4.74 Å². The zero-order valence-corrected chi connectivity index (χ0v) is 16.2.